The number of likely N-dealkylation sites (tertiary alicyclic amines) is 1. The standard InChI is InChI=1S/C15H16F2N4O2/c1-2-18-15(22)21-7-3-4-12(21)14-19-13(20-23-14)10-6-5-9(16)8-11(10)17/h5-6,8,12H,2-4,7H2,1H3,(H,18,22). The normalized spacial score (nSPS) is 17.5. The molecule has 0 bridgehead atoms. The van der Waals surface area contributed by atoms with E-state index in [1.807, 2.05) is 6.92 Å². The number of rotatable bonds is 3. The Morgan fingerprint density at radius 3 is 3.04 bits per heavy atom. The number of carbonyl (C=O) groups is 1. The fraction of sp³-hybridized carbons (Fsp3) is 0.400. The monoisotopic (exact) mass is 322 g/mol. The molecule has 1 aromatic carbocycles. The molecule has 3 rings (SSSR count). The molecule has 23 heavy (non-hydrogen) atoms. The average molecular weight is 322 g/mol. The molecular weight excluding hydrogens is 306 g/mol. The van der Waals surface area contributed by atoms with E-state index in [2.05, 4.69) is 15.5 Å². The molecule has 2 amide bonds. The zero-order valence-corrected chi connectivity index (χ0v) is 12.6. The highest BCUT2D eigenvalue weighted by molar-refractivity contribution is 5.74. The number of amides is 2. The Morgan fingerprint density at radius 1 is 1.48 bits per heavy atom. The van der Waals surface area contributed by atoms with Crippen LogP contribution in [0.15, 0.2) is 22.7 Å². The number of hydrogen-bond donors (Lipinski definition) is 1. The van der Waals surface area contributed by atoms with Gasteiger partial charge in [-0.2, -0.15) is 4.98 Å². The van der Waals surface area contributed by atoms with Crippen molar-refractivity contribution in [2.45, 2.75) is 25.8 Å². The lowest BCUT2D eigenvalue weighted by molar-refractivity contribution is 0.181. The largest absolute Gasteiger partial charge is 0.338 e. The van der Waals surface area contributed by atoms with Crippen molar-refractivity contribution >= 4 is 6.03 Å². The number of benzene rings is 1. The molecule has 1 aliphatic heterocycles. The van der Waals surface area contributed by atoms with Crippen LogP contribution in [-0.2, 0) is 0 Å². The van der Waals surface area contributed by atoms with Crippen molar-refractivity contribution in [3.05, 3.63) is 35.7 Å². The minimum atomic E-state index is -0.760. The van der Waals surface area contributed by atoms with Crippen LogP contribution in [-0.4, -0.2) is 34.2 Å². The molecule has 0 saturated carbocycles. The maximum Gasteiger partial charge on any atom is 0.318 e. The van der Waals surface area contributed by atoms with Gasteiger partial charge in [0.15, 0.2) is 0 Å². The smallest absolute Gasteiger partial charge is 0.318 e. The van der Waals surface area contributed by atoms with Crippen molar-refractivity contribution in [3.8, 4) is 11.4 Å². The van der Waals surface area contributed by atoms with Crippen molar-refractivity contribution in [3.63, 3.8) is 0 Å². The first kappa shape index (κ1) is 15.4. The predicted molar refractivity (Wildman–Crippen MR) is 77.4 cm³/mol. The zero-order chi connectivity index (χ0) is 16.4. The molecule has 0 aliphatic carbocycles. The molecule has 1 saturated heterocycles. The number of nitrogens with one attached hydrogen (secondary N) is 1. The van der Waals surface area contributed by atoms with E-state index in [9.17, 15) is 13.6 Å². The van der Waals surface area contributed by atoms with Gasteiger partial charge in [-0.1, -0.05) is 5.16 Å². The van der Waals surface area contributed by atoms with E-state index in [1.54, 1.807) is 4.90 Å². The van der Waals surface area contributed by atoms with Crippen molar-refractivity contribution in [1.29, 1.82) is 0 Å². The SMILES string of the molecule is CCNC(=O)N1CCCC1c1nc(-c2ccc(F)cc2F)no1. The number of nitrogens with zero attached hydrogens (tertiary/aromatic N) is 3. The number of hydrogen-bond acceptors (Lipinski definition) is 4. The first-order valence-corrected chi connectivity index (χ1v) is 7.43. The van der Waals surface area contributed by atoms with Gasteiger partial charge in [0.25, 0.3) is 0 Å². The first-order valence-electron chi connectivity index (χ1n) is 7.43. The summed E-state index contributed by atoms with van der Waals surface area (Å²) in [7, 11) is 0. The molecular formula is C15H16F2N4O2. The Labute approximate surface area is 131 Å². The Morgan fingerprint density at radius 2 is 2.30 bits per heavy atom. The van der Waals surface area contributed by atoms with Gasteiger partial charge in [-0.05, 0) is 31.9 Å². The summed E-state index contributed by atoms with van der Waals surface area (Å²) in [5, 5.41) is 6.49. The van der Waals surface area contributed by atoms with E-state index in [0.29, 0.717) is 19.5 Å². The van der Waals surface area contributed by atoms with Crippen molar-refractivity contribution in [1.82, 2.24) is 20.4 Å². The molecule has 1 unspecified atom stereocenters. The van der Waals surface area contributed by atoms with Gasteiger partial charge >= 0.3 is 6.03 Å². The lowest BCUT2D eigenvalue weighted by Gasteiger charge is -2.21. The second-order valence-corrected chi connectivity index (χ2v) is 5.27. The molecule has 8 heteroatoms. The van der Waals surface area contributed by atoms with Crippen LogP contribution in [0.1, 0.15) is 31.7 Å². The van der Waals surface area contributed by atoms with E-state index < -0.39 is 11.6 Å². The Balaban J connectivity index is 1.85. The fourth-order valence-electron chi connectivity index (χ4n) is 2.67. The molecule has 0 radical (unpaired) electrons. The summed E-state index contributed by atoms with van der Waals surface area (Å²) < 4.78 is 32.0. The maximum atomic E-state index is 13.8. The second kappa shape index (κ2) is 6.31. The van der Waals surface area contributed by atoms with Crippen LogP contribution >= 0.6 is 0 Å². The van der Waals surface area contributed by atoms with E-state index in [-0.39, 0.29) is 29.4 Å². The molecule has 1 fully saturated rings. The Bertz CT molecular complexity index is 719. The predicted octanol–water partition coefficient (Wildman–Crippen LogP) is 2.88. The van der Waals surface area contributed by atoms with E-state index in [0.717, 1.165) is 18.6 Å². The van der Waals surface area contributed by atoms with E-state index in [4.69, 9.17) is 4.52 Å². The van der Waals surface area contributed by atoms with Gasteiger partial charge in [-0.15, -0.1) is 0 Å². The van der Waals surface area contributed by atoms with Gasteiger partial charge in [-0.25, -0.2) is 13.6 Å². The molecule has 0 spiro atoms. The van der Waals surface area contributed by atoms with Gasteiger partial charge < -0.3 is 14.7 Å². The molecule has 122 valence electrons. The highest BCUT2D eigenvalue weighted by Gasteiger charge is 2.34. The number of carbonyl (C=O) groups excluding carboxylic acids is 1. The third kappa shape index (κ3) is 3.01. The quantitative estimate of drug-likeness (QED) is 0.943. The summed E-state index contributed by atoms with van der Waals surface area (Å²) in [4.78, 5) is 17.8. The van der Waals surface area contributed by atoms with E-state index in [1.165, 1.54) is 6.07 Å². The topological polar surface area (TPSA) is 71.3 Å². The summed E-state index contributed by atoms with van der Waals surface area (Å²) in [6.45, 7) is 2.96. The molecule has 1 aliphatic rings. The fourth-order valence-corrected chi connectivity index (χ4v) is 2.67. The highest BCUT2D eigenvalue weighted by atomic mass is 19.1. The van der Waals surface area contributed by atoms with Crippen LogP contribution in [0.25, 0.3) is 11.4 Å². The summed E-state index contributed by atoms with van der Waals surface area (Å²) >= 11 is 0. The molecule has 6 nitrogen and oxygen atoms in total. The molecule has 1 atom stereocenters. The van der Waals surface area contributed by atoms with Gasteiger partial charge in [0.2, 0.25) is 11.7 Å². The van der Waals surface area contributed by atoms with Gasteiger partial charge in [-0.3, -0.25) is 0 Å². The molecule has 2 aromatic rings. The highest BCUT2D eigenvalue weighted by Crippen LogP contribution is 2.32. The van der Waals surface area contributed by atoms with Crippen LogP contribution in [0.3, 0.4) is 0 Å². The van der Waals surface area contributed by atoms with Crippen molar-refractivity contribution in [2.24, 2.45) is 0 Å². The minimum Gasteiger partial charge on any atom is -0.338 e. The second-order valence-electron chi connectivity index (χ2n) is 5.27. The Hall–Kier alpha value is -2.51. The average Bonchev–Trinajstić information content (AvgIpc) is 3.16. The molecule has 1 N–H and O–H groups in total. The van der Waals surface area contributed by atoms with Crippen molar-refractivity contribution < 1.29 is 18.1 Å². The van der Waals surface area contributed by atoms with Crippen LogP contribution < -0.4 is 5.32 Å². The number of aromatic nitrogens is 2. The zero-order valence-electron chi connectivity index (χ0n) is 12.6. The lowest BCUT2D eigenvalue weighted by Crippen LogP contribution is -2.39. The lowest BCUT2D eigenvalue weighted by atomic mass is 10.2. The van der Waals surface area contributed by atoms with E-state index >= 15 is 0 Å². The molecule has 1 aromatic heterocycles. The minimum absolute atomic E-state index is 0.0419. The summed E-state index contributed by atoms with van der Waals surface area (Å²) in [6.07, 6.45) is 1.52. The summed E-state index contributed by atoms with van der Waals surface area (Å²) in [6, 6.07) is 2.64. The third-order valence-corrected chi connectivity index (χ3v) is 3.74. The van der Waals surface area contributed by atoms with Crippen LogP contribution in [0, 0.1) is 11.6 Å². The Kier molecular flexibility index (Phi) is 4.22. The van der Waals surface area contributed by atoms with Crippen LogP contribution in [0.4, 0.5) is 13.6 Å². The first-order chi connectivity index (χ1) is 11.1. The summed E-state index contributed by atoms with van der Waals surface area (Å²) in [5.74, 6) is -1.13. The van der Waals surface area contributed by atoms with Crippen molar-refractivity contribution in [2.75, 3.05) is 13.1 Å². The number of urea groups is 1. The third-order valence-electron chi connectivity index (χ3n) is 3.74. The maximum absolute atomic E-state index is 13.8. The van der Waals surface area contributed by atoms with Gasteiger partial charge in [0, 0.05) is 19.2 Å². The van der Waals surface area contributed by atoms with Gasteiger partial charge in [0.05, 0.1) is 5.56 Å². The molecule has 2 heterocycles. The number of halogens is 2. The van der Waals surface area contributed by atoms with Crippen LogP contribution in [0.5, 0.6) is 0 Å². The van der Waals surface area contributed by atoms with Crippen LogP contribution in [0.2, 0.25) is 0 Å². The summed E-state index contributed by atoms with van der Waals surface area (Å²) in [5.41, 5.74) is 0.0592. The van der Waals surface area contributed by atoms with Gasteiger partial charge in [0.1, 0.15) is 17.7 Å².